The van der Waals surface area contributed by atoms with Crippen LogP contribution in [-0.4, -0.2) is 29.7 Å². The number of nitrogens with one attached hydrogen (secondary N) is 1. The van der Waals surface area contributed by atoms with E-state index in [-0.39, 0.29) is 18.2 Å². The molecule has 0 aromatic carbocycles. The molecule has 1 aliphatic heterocycles. The summed E-state index contributed by atoms with van der Waals surface area (Å²) in [6.45, 7) is 8.81. The van der Waals surface area contributed by atoms with Crippen LogP contribution < -0.4 is 5.32 Å². The number of carbonyl (C=O) groups excluding carboxylic acids is 1. The first-order valence-corrected chi connectivity index (χ1v) is 7.69. The molecule has 0 spiro atoms. The highest BCUT2D eigenvalue weighted by Gasteiger charge is 2.33. The molecule has 0 bridgehead atoms. The topological polar surface area (TPSA) is 38.3 Å². The number of ether oxygens (including phenoxy) is 1. The van der Waals surface area contributed by atoms with Gasteiger partial charge in [-0.25, -0.2) is 4.79 Å². The van der Waals surface area contributed by atoms with Crippen LogP contribution in [0.2, 0.25) is 0 Å². The van der Waals surface area contributed by atoms with Gasteiger partial charge in [0.15, 0.2) is 0 Å². The lowest BCUT2D eigenvalue weighted by Gasteiger charge is -2.18. The molecule has 1 saturated heterocycles. The summed E-state index contributed by atoms with van der Waals surface area (Å²) in [5, 5.41) is 2.91. The van der Waals surface area contributed by atoms with Crippen LogP contribution in [0.3, 0.4) is 0 Å². The van der Waals surface area contributed by atoms with E-state index in [2.05, 4.69) is 33.0 Å². The number of amides is 1. The monoisotopic (exact) mass is 259 g/mol. The van der Waals surface area contributed by atoms with Gasteiger partial charge < -0.3 is 10.1 Å². The lowest BCUT2D eigenvalue weighted by atomic mass is 9.99. The molecule has 1 rings (SSSR count). The van der Waals surface area contributed by atoms with Gasteiger partial charge in [0.05, 0.1) is 6.04 Å². The van der Waals surface area contributed by atoms with Gasteiger partial charge in [-0.1, -0.05) is 27.7 Å². The van der Waals surface area contributed by atoms with Crippen LogP contribution in [0.15, 0.2) is 0 Å². The Hall–Kier alpha value is -0.380. The smallest absolute Gasteiger partial charge is 0.407 e. The van der Waals surface area contributed by atoms with Crippen LogP contribution in [0.1, 0.15) is 40.5 Å². The maximum Gasteiger partial charge on any atom is 0.407 e. The van der Waals surface area contributed by atoms with Crippen molar-refractivity contribution in [2.75, 3.05) is 11.5 Å². The van der Waals surface area contributed by atoms with Crippen LogP contribution in [0.4, 0.5) is 4.79 Å². The first-order chi connectivity index (χ1) is 7.99. The molecule has 3 nitrogen and oxygen atoms in total. The molecule has 1 heterocycles. The second-order valence-electron chi connectivity index (χ2n) is 5.58. The number of cyclic esters (lactones) is 1. The second-order valence-corrected chi connectivity index (χ2v) is 6.73. The SMILES string of the molecule is CC(C)CSCC[C@@H]1OC(=O)N[C@H]1CC(C)C. The van der Waals surface area contributed by atoms with E-state index in [1.54, 1.807) is 0 Å². The van der Waals surface area contributed by atoms with Crippen molar-refractivity contribution in [2.24, 2.45) is 11.8 Å². The first-order valence-electron chi connectivity index (χ1n) is 6.54. The quantitative estimate of drug-likeness (QED) is 0.713. The van der Waals surface area contributed by atoms with Crippen LogP contribution in [-0.2, 0) is 4.74 Å². The first kappa shape index (κ1) is 14.7. The molecule has 0 unspecified atom stereocenters. The Morgan fingerprint density at radius 3 is 2.59 bits per heavy atom. The van der Waals surface area contributed by atoms with E-state index in [1.807, 2.05) is 11.8 Å². The van der Waals surface area contributed by atoms with Crippen molar-refractivity contribution in [3.8, 4) is 0 Å². The average molecular weight is 259 g/mol. The van der Waals surface area contributed by atoms with E-state index in [0.29, 0.717) is 5.92 Å². The maximum absolute atomic E-state index is 11.2. The van der Waals surface area contributed by atoms with Crippen LogP contribution in [0, 0.1) is 11.8 Å². The fraction of sp³-hybridized carbons (Fsp3) is 0.923. The Labute approximate surface area is 109 Å². The maximum atomic E-state index is 11.2. The molecule has 0 aromatic rings. The normalized spacial score (nSPS) is 24.2. The molecule has 1 aliphatic rings. The van der Waals surface area contributed by atoms with Gasteiger partial charge >= 0.3 is 6.09 Å². The van der Waals surface area contributed by atoms with Crippen LogP contribution in [0.25, 0.3) is 0 Å². The molecule has 0 aliphatic carbocycles. The molecule has 1 amide bonds. The summed E-state index contributed by atoms with van der Waals surface area (Å²) in [6, 6.07) is 0.210. The van der Waals surface area contributed by atoms with Crippen molar-refractivity contribution < 1.29 is 9.53 Å². The van der Waals surface area contributed by atoms with Gasteiger partial charge in [0.1, 0.15) is 6.10 Å². The van der Waals surface area contributed by atoms with Gasteiger partial charge in [-0.15, -0.1) is 0 Å². The van der Waals surface area contributed by atoms with Crippen LogP contribution >= 0.6 is 11.8 Å². The Kier molecular flexibility index (Phi) is 6.17. The van der Waals surface area contributed by atoms with Crippen molar-refractivity contribution >= 4 is 17.9 Å². The molecule has 0 radical (unpaired) electrons. The van der Waals surface area contributed by atoms with Crippen LogP contribution in [0.5, 0.6) is 0 Å². The van der Waals surface area contributed by atoms with Gasteiger partial charge in [-0.2, -0.15) is 11.8 Å². The number of alkyl carbamates (subject to hydrolysis) is 1. The third-order valence-corrected chi connectivity index (χ3v) is 4.16. The highest BCUT2D eigenvalue weighted by atomic mass is 32.2. The predicted octanol–water partition coefficient (Wildman–Crippen LogP) is 3.29. The summed E-state index contributed by atoms with van der Waals surface area (Å²) in [4.78, 5) is 11.2. The van der Waals surface area contributed by atoms with E-state index >= 15 is 0 Å². The minimum atomic E-state index is -0.241. The Balaban J connectivity index is 2.27. The molecular weight excluding hydrogens is 234 g/mol. The summed E-state index contributed by atoms with van der Waals surface area (Å²) in [5.74, 6) is 3.58. The number of thioether (sulfide) groups is 1. The third kappa shape index (κ3) is 5.66. The fourth-order valence-corrected chi connectivity index (χ4v) is 3.03. The highest BCUT2D eigenvalue weighted by Crippen LogP contribution is 2.21. The Morgan fingerprint density at radius 1 is 1.29 bits per heavy atom. The molecular formula is C13H25NO2S. The standard InChI is InChI=1S/C13H25NO2S/c1-9(2)7-11-12(16-13(15)14-11)5-6-17-8-10(3)4/h9-12H,5-8H2,1-4H3,(H,14,15)/t11-,12-/m0/s1. The predicted molar refractivity (Wildman–Crippen MR) is 73.4 cm³/mol. The van der Waals surface area contributed by atoms with Crippen molar-refractivity contribution in [1.29, 1.82) is 0 Å². The number of hydrogen-bond acceptors (Lipinski definition) is 3. The average Bonchev–Trinajstić information content (AvgIpc) is 2.52. The lowest BCUT2D eigenvalue weighted by molar-refractivity contribution is 0.127. The zero-order chi connectivity index (χ0) is 12.8. The lowest BCUT2D eigenvalue weighted by Crippen LogP contribution is -2.33. The van der Waals surface area contributed by atoms with Gasteiger partial charge in [-0.3, -0.25) is 0 Å². The number of rotatable bonds is 7. The van der Waals surface area contributed by atoms with Crippen molar-refractivity contribution in [1.82, 2.24) is 5.32 Å². The van der Waals surface area contributed by atoms with Gasteiger partial charge in [0.25, 0.3) is 0 Å². The van der Waals surface area contributed by atoms with E-state index in [0.717, 1.165) is 24.5 Å². The van der Waals surface area contributed by atoms with Crippen molar-refractivity contribution in [3.05, 3.63) is 0 Å². The Bertz CT molecular complexity index is 244. The van der Waals surface area contributed by atoms with Crippen molar-refractivity contribution in [3.63, 3.8) is 0 Å². The fourth-order valence-electron chi connectivity index (χ4n) is 2.00. The largest absolute Gasteiger partial charge is 0.444 e. The summed E-state index contributed by atoms with van der Waals surface area (Å²) >= 11 is 1.95. The highest BCUT2D eigenvalue weighted by molar-refractivity contribution is 7.99. The zero-order valence-electron chi connectivity index (χ0n) is 11.4. The molecule has 2 atom stereocenters. The molecule has 0 saturated carbocycles. The summed E-state index contributed by atoms with van der Waals surface area (Å²) in [5.41, 5.74) is 0. The van der Waals surface area contributed by atoms with E-state index in [9.17, 15) is 4.79 Å². The molecule has 0 aromatic heterocycles. The van der Waals surface area contributed by atoms with Gasteiger partial charge in [-0.05, 0) is 36.2 Å². The minimum absolute atomic E-state index is 0.0737. The van der Waals surface area contributed by atoms with E-state index in [1.165, 1.54) is 5.75 Å². The van der Waals surface area contributed by atoms with E-state index < -0.39 is 0 Å². The Morgan fingerprint density at radius 2 is 2.00 bits per heavy atom. The second kappa shape index (κ2) is 7.14. The summed E-state index contributed by atoms with van der Waals surface area (Å²) < 4.78 is 5.32. The molecule has 4 heteroatoms. The molecule has 100 valence electrons. The van der Waals surface area contributed by atoms with Gasteiger partial charge in [0, 0.05) is 0 Å². The zero-order valence-corrected chi connectivity index (χ0v) is 12.2. The van der Waals surface area contributed by atoms with E-state index in [4.69, 9.17) is 4.74 Å². The summed E-state index contributed by atoms with van der Waals surface area (Å²) in [7, 11) is 0. The molecule has 1 fully saturated rings. The third-order valence-electron chi connectivity index (χ3n) is 2.73. The number of hydrogen-bond donors (Lipinski definition) is 1. The number of carbonyl (C=O) groups is 1. The summed E-state index contributed by atoms with van der Waals surface area (Å²) in [6.07, 6.45) is 1.80. The van der Waals surface area contributed by atoms with Gasteiger partial charge in [0.2, 0.25) is 0 Å². The molecule has 1 N–H and O–H groups in total. The molecule has 17 heavy (non-hydrogen) atoms. The van der Waals surface area contributed by atoms with Crippen molar-refractivity contribution in [2.45, 2.75) is 52.7 Å². The minimum Gasteiger partial charge on any atom is -0.444 e.